The van der Waals surface area contributed by atoms with E-state index in [2.05, 4.69) is 26.1 Å². The molecule has 0 saturated heterocycles. The summed E-state index contributed by atoms with van der Waals surface area (Å²) in [5.41, 5.74) is 5.24. The molecule has 18 heavy (non-hydrogen) atoms. The Morgan fingerprint density at radius 3 is 2.89 bits per heavy atom. The first-order chi connectivity index (χ1) is 8.58. The number of benzene rings is 1. The first-order valence-electron chi connectivity index (χ1n) is 4.86. The number of rotatable bonds is 3. The molecular weight excluding hydrogens is 309 g/mol. The van der Waals surface area contributed by atoms with Gasteiger partial charge in [0, 0.05) is 6.07 Å². The number of aromatic hydroxyl groups is 1. The van der Waals surface area contributed by atoms with Crippen LogP contribution in [0, 0.1) is 5.82 Å². The summed E-state index contributed by atoms with van der Waals surface area (Å²) in [6.45, 7) is 0.0386. The molecule has 1 aromatic carbocycles. The fraction of sp³-hybridized carbons (Fsp3) is 0.200. The normalized spacial score (nSPS) is 10.7. The topological polar surface area (TPSA) is 94.4 Å². The molecule has 1 aromatic heterocycles. The lowest BCUT2D eigenvalue weighted by atomic mass is 10.1. The van der Waals surface area contributed by atoms with Crippen LogP contribution < -0.4 is 10.5 Å². The van der Waals surface area contributed by atoms with Crippen LogP contribution in [0.1, 0.15) is 5.89 Å². The Labute approximate surface area is 110 Å². The molecule has 3 N–H and O–H groups in total. The summed E-state index contributed by atoms with van der Waals surface area (Å²) < 4.78 is 23.8. The molecule has 0 fully saturated rings. The summed E-state index contributed by atoms with van der Waals surface area (Å²) in [6, 6.07) is 1.18. The molecule has 0 aliphatic heterocycles. The van der Waals surface area contributed by atoms with E-state index >= 15 is 0 Å². The number of phenols is 1. The number of aromatic nitrogens is 2. The molecule has 2 aromatic rings. The second kappa shape index (κ2) is 4.91. The Morgan fingerprint density at radius 1 is 1.61 bits per heavy atom. The number of hydrogen-bond donors (Lipinski definition) is 2. The Hall–Kier alpha value is -1.67. The van der Waals surface area contributed by atoms with Gasteiger partial charge in [-0.2, -0.15) is 4.98 Å². The lowest BCUT2D eigenvalue weighted by Crippen LogP contribution is -1.97. The summed E-state index contributed by atoms with van der Waals surface area (Å²) in [6.07, 6.45) is 0. The van der Waals surface area contributed by atoms with E-state index in [-0.39, 0.29) is 39.8 Å². The number of nitrogens with two attached hydrogens (primary N) is 1. The molecule has 0 amide bonds. The number of phenolic OH excluding ortho intramolecular Hbond substituents is 1. The van der Waals surface area contributed by atoms with Gasteiger partial charge in [-0.1, -0.05) is 5.16 Å². The van der Waals surface area contributed by atoms with E-state index in [9.17, 15) is 9.50 Å². The van der Waals surface area contributed by atoms with Crippen LogP contribution in [0.5, 0.6) is 11.5 Å². The van der Waals surface area contributed by atoms with Gasteiger partial charge in [0.1, 0.15) is 5.56 Å². The molecule has 0 aliphatic carbocycles. The van der Waals surface area contributed by atoms with E-state index in [0.717, 1.165) is 0 Å². The fourth-order valence-corrected chi connectivity index (χ4v) is 1.86. The molecule has 2 rings (SSSR count). The first kappa shape index (κ1) is 12.8. The molecule has 0 saturated carbocycles. The zero-order chi connectivity index (χ0) is 13.3. The highest BCUT2D eigenvalue weighted by molar-refractivity contribution is 9.10. The number of methoxy groups -OCH3 is 1. The average Bonchev–Trinajstić information content (AvgIpc) is 2.81. The van der Waals surface area contributed by atoms with Crippen molar-refractivity contribution in [3.63, 3.8) is 0 Å². The predicted octanol–water partition coefficient (Wildman–Crippen LogP) is 1.81. The van der Waals surface area contributed by atoms with Crippen molar-refractivity contribution >= 4 is 15.9 Å². The summed E-state index contributed by atoms with van der Waals surface area (Å²) in [7, 11) is 1.30. The van der Waals surface area contributed by atoms with Crippen molar-refractivity contribution in [3.8, 4) is 22.9 Å². The van der Waals surface area contributed by atoms with Crippen LogP contribution in [0.25, 0.3) is 11.4 Å². The van der Waals surface area contributed by atoms with Crippen molar-refractivity contribution in [1.82, 2.24) is 10.1 Å². The summed E-state index contributed by atoms with van der Waals surface area (Å²) in [5, 5.41) is 13.3. The zero-order valence-corrected chi connectivity index (χ0v) is 10.9. The maximum Gasteiger partial charge on any atom is 0.240 e. The lowest BCUT2D eigenvalue weighted by Gasteiger charge is -2.09. The van der Waals surface area contributed by atoms with E-state index in [1.807, 2.05) is 0 Å². The average molecular weight is 318 g/mol. The fourth-order valence-electron chi connectivity index (χ4n) is 1.44. The Kier molecular flexibility index (Phi) is 3.48. The van der Waals surface area contributed by atoms with E-state index in [4.69, 9.17) is 15.0 Å². The van der Waals surface area contributed by atoms with Crippen LogP contribution in [0.3, 0.4) is 0 Å². The largest absolute Gasteiger partial charge is 0.504 e. The SMILES string of the molecule is COc1c(O)cc(Br)c(F)c1-c1noc(CN)n1. The van der Waals surface area contributed by atoms with Gasteiger partial charge in [-0.25, -0.2) is 4.39 Å². The smallest absolute Gasteiger partial charge is 0.240 e. The number of nitrogens with zero attached hydrogens (tertiary/aromatic N) is 2. The molecule has 0 atom stereocenters. The van der Waals surface area contributed by atoms with Gasteiger partial charge in [-0.05, 0) is 15.9 Å². The van der Waals surface area contributed by atoms with Gasteiger partial charge in [0.25, 0.3) is 0 Å². The number of halogens is 2. The van der Waals surface area contributed by atoms with E-state index < -0.39 is 5.82 Å². The molecule has 8 heteroatoms. The monoisotopic (exact) mass is 317 g/mol. The van der Waals surface area contributed by atoms with Crippen molar-refractivity contribution in [2.24, 2.45) is 5.73 Å². The third-order valence-electron chi connectivity index (χ3n) is 2.22. The van der Waals surface area contributed by atoms with Crippen LogP contribution in [-0.2, 0) is 6.54 Å². The van der Waals surface area contributed by atoms with Crippen LogP contribution in [-0.4, -0.2) is 22.4 Å². The van der Waals surface area contributed by atoms with Crippen molar-refractivity contribution < 1.29 is 18.8 Å². The van der Waals surface area contributed by atoms with E-state index in [1.54, 1.807) is 0 Å². The van der Waals surface area contributed by atoms with E-state index in [0.29, 0.717) is 0 Å². The predicted molar refractivity (Wildman–Crippen MR) is 63.5 cm³/mol. The Morgan fingerprint density at radius 2 is 2.33 bits per heavy atom. The molecule has 96 valence electrons. The Bertz CT molecular complexity index is 588. The van der Waals surface area contributed by atoms with Crippen molar-refractivity contribution in [2.45, 2.75) is 6.54 Å². The van der Waals surface area contributed by atoms with Crippen molar-refractivity contribution in [1.29, 1.82) is 0 Å². The summed E-state index contributed by atoms with van der Waals surface area (Å²) in [5.74, 6) is -0.846. The number of ether oxygens (including phenoxy) is 1. The number of hydrogen-bond acceptors (Lipinski definition) is 6. The maximum absolute atomic E-state index is 14.0. The second-order valence-corrected chi connectivity index (χ2v) is 4.17. The van der Waals surface area contributed by atoms with Crippen LogP contribution in [0.15, 0.2) is 15.1 Å². The second-order valence-electron chi connectivity index (χ2n) is 3.32. The third-order valence-corrected chi connectivity index (χ3v) is 2.80. The Balaban J connectivity index is 2.68. The highest BCUT2D eigenvalue weighted by Crippen LogP contribution is 2.41. The minimum absolute atomic E-state index is 0.0386. The van der Waals surface area contributed by atoms with Gasteiger partial charge in [0.15, 0.2) is 17.3 Å². The standard InChI is InChI=1S/C10H9BrFN3O3/c1-17-9-5(16)2-4(11)8(12)7(9)10-14-6(3-13)18-15-10/h2,16H,3,13H2,1H3. The molecule has 0 spiro atoms. The van der Waals surface area contributed by atoms with Crippen molar-refractivity contribution in [3.05, 3.63) is 22.2 Å². The third kappa shape index (κ3) is 2.04. The maximum atomic E-state index is 14.0. The van der Waals surface area contributed by atoms with Crippen LogP contribution in [0.2, 0.25) is 0 Å². The lowest BCUT2D eigenvalue weighted by molar-refractivity contribution is 0.368. The molecule has 6 nitrogen and oxygen atoms in total. The molecule has 0 aliphatic rings. The minimum Gasteiger partial charge on any atom is -0.504 e. The van der Waals surface area contributed by atoms with Gasteiger partial charge in [-0.3, -0.25) is 0 Å². The van der Waals surface area contributed by atoms with Crippen LogP contribution >= 0.6 is 15.9 Å². The van der Waals surface area contributed by atoms with Gasteiger partial charge >= 0.3 is 0 Å². The molecule has 1 heterocycles. The van der Waals surface area contributed by atoms with Crippen LogP contribution in [0.4, 0.5) is 4.39 Å². The first-order valence-corrected chi connectivity index (χ1v) is 5.65. The highest BCUT2D eigenvalue weighted by Gasteiger charge is 2.23. The minimum atomic E-state index is -0.658. The van der Waals surface area contributed by atoms with Crippen molar-refractivity contribution in [2.75, 3.05) is 7.11 Å². The van der Waals surface area contributed by atoms with E-state index in [1.165, 1.54) is 13.2 Å². The van der Waals surface area contributed by atoms with Gasteiger partial charge in [-0.15, -0.1) is 0 Å². The quantitative estimate of drug-likeness (QED) is 0.896. The van der Waals surface area contributed by atoms with Gasteiger partial charge < -0.3 is 20.1 Å². The summed E-state index contributed by atoms with van der Waals surface area (Å²) >= 11 is 2.98. The highest BCUT2D eigenvalue weighted by atomic mass is 79.9. The molecular formula is C10H9BrFN3O3. The molecule has 0 radical (unpaired) electrons. The van der Waals surface area contributed by atoms with Gasteiger partial charge in [0.2, 0.25) is 11.7 Å². The summed E-state index contributed by atoms with van der Waals surface area (Å²) in [4.78, 5) is 3.90. The zero-order valence-electron chi connectivity index (χ0n) is 9.28. The molecule has 0 unspecified atom stereocenters. The molecule has 0 bridgehead atoms. The van der Waals surface area contributed by atoms with Gasteiger partial charge in [0.05, 0.1) is 18.1 Å².